The quantitative estimate of drug-likeness (QED) is 0.232. The van der Waals surface area contributed by atoms with Crippen LogP contribution in [0.3, 0.4) is 0 Å². The Morgan fingerprint density at radius 1 is 1.08 bits per heavy atom. The molecule has 38 heavy (non-hydrogen) atoms. The first-order chi connectivity index (χ1) is 18.5. The summed E-state index contributed by atoms with van der Waals surface area (Å²) in [5.41, 5.74) is 3.90. The van der Waals surface area contributed by atoms with Crippen LogP contribution < -0.4 is 10.6 Å². The maximum Gasteiger partial charge on any atom is 0.270 e. The normalized spacial score (nSPS) is 14.8. The number of H-pyrrole nitrogens is 1. The summed E-state index contributed by atoms with van der Waals surface area (Å²) in [6, 6.07) is 19.8. The zero-order chi connectivity index (χ0) is 26.5. The third-order valence-electron chi connectivity index (χ3n) is 7.28. The monoisotopic (exact) mass is 512 g/mol. The van der Waals surface area contributed by atoms with Crippen LogP contribution in [0.1, 0.15) is 34.5 Å². The number of hydrogen-bond donors (Lipinski definition) is 3. The molecule has 0 spiro atoms. The maximum absolute atomic E-state index is 13.6. The van der Waals surface area contributed by atoms with Crippen LogP contribution in [0.5, 0.6) is 0 Å². The number of piperidine rings is 1. The topological polar surface area (TPSA) is 112 Å². The third kappa shape index (κ3) is 4.97. The summed E-state index contributed by atoms with van der Waals surface area (Å²) in [5.74, 6) is 1.08. The van der Waals surface area contributed by atoms with Gasteiger partial charge in [0.25, 0.3) is 5.91 Å². The van der Waals surface area contributed by atoms with E-state index in [-0.39, 0.29) is 5.91 Å². The molecule has 0 atom stereocenters. The van der Waals surface area contributed by atoms with Crippen molar-refractivity contribution >= 4 is 29.2 Å². The molecule has 3 N–H and O–H groups in total. The van der Waals surface area contributed by atoms with Crippen molar-refractivity contribution in [3.8, 4) is 11.4 Å². The Bertz CT molecular complexity index is 1430. The standard InChI is InChI=1S/C29H32N6O3/c1-20-8-6-7-11-23(20)29(38-2)12-16-35(17-13-29)28(37)24-18-22-26(31-15-14-30-19-36)33-25(34-27(22)32-24)21-9-4-3-5-10-21/h3-11,18-19H,12-17H2,1-2H3,(H,30,36)(H2,31,32,33,34). The van der Waals surface area contributed by atoms with Crippen molar-refractivity contribution in [3.63, 3.8) is 0 Å². The molecule has 9 nitrogen and oxygen atoms in total. The molecule has 5 rings (SSSR count). The number of nitrogens with zero attached hydrogens (tertiary/aromatic N) is 3. The molecular formula is C29H32N6O3. The predicted molar refractivity (Wildman–Crippen MR) is 147 cm³/mol. The highest BCUT2D eigenvalue weighted by atomic mass is 16.5. The largest absolute Gasteiger partial charge is 0.373 e. The molecule has 0 aliphatic carbocycles. The number of carbonyl (C=O) groups excluding carboxylic acids is 2. The van der Waals surface area contributed by atoms with E-state index in [1.807, 2.05) is 47.4 Å². The number of hydrogen-bond acceptors (Lipinski definition) is 6. The molecular weight excluding hydrogens is 480 g/mol. The van der Waals surface area contributed by atoms with Crippen LogP contribution in [0.15, 0.2) is 60.7 Å². The van der Waals surface area contributed by atoms with Crippen molar-refractivity contribution in [2.75, 3.05) is 38.6 Å². The first-order valence-electron chi connectivity index (χ1n) is 12.8. The number of rotatable bonds is 9. The lowest BCUT2D eigenvalue weighted by molar-refractivity contribution is -0.109. The predicted octanol–water partition coefficient (Wildman–Crippen LogP) is 3.87. The van der Waals surface area contributed by atoms with E-state index in [1.165, 1.54) is 11.1 Å². The van der Waals surface area contributed by atoms with Crippen LogP contribution in [0.2, 0.25) is 0 Å². The number of aryl methyl sites for hydroxylation is 1. The van der Waals surface area contributed by atoms with Crippen LogP contribution in [0.4, 0.5) is 5.82 Å². The molecule has 2 aromatic carbocycles. The lowest BCUT2D eigenvalue weighted by Crippen LogP contribution is -2.46. The van der Waals surface area contributed by atoms with Gasteiger partial charge in [-0.1, -0.05) is 54.6 Å². The van der Waals surface area contributed by atoms with Crippen molar-refractivity contribution < 1.29 is 14.3 Å². The van der Waals surface area contributed by atoms with E-state index in [9.17, 15) is 9.59 Å². The van der Waals surface area contributed by atoms with Crippen LogP contribution in [0, 0.1) is 6.92 Å². The van der Waals surface area contributed by atoms with Crippen molar-refractivity contribution in [2.45, 2.75) is 25.4 Å². The van der Waals surface area contributed by atoms with E-state index >= 15 is 0 Å². The van der Waals surface area contributed by atoms with Crippen molar-refractivity contribution in [1.82, 2.24) is 25.2 Å². The van der Waals surface area contributed by atoms with Gasteiger partial charge < -0.3 is 25.3 Å². The summed E-state index contributed by atoms with van der Waals surface area (Å²) in [6.45, 7) is 4.20. The van der Waals surface area contributed by atoms with E-state index in [0.717, 1.165) is 23.8 Å². The van der Waals surface area contributed by atoms with Crippen LogP contribution in [-0.2, 0) is 15.1 Å². The summed E-state index contributed by atoms with van der Waals surface area (Å²) >= 11 is 0. The van der Waals surface area contributed by atoms with Gasteiger partial charge in [0.05, 0.1) is 11.0 Å². The van der Waals surface area contributed by atoms with Crippen molar-refractivity contribution in [3.05, 3.63) is 77.5 Å². The van der Waals surface area contributed by atoms with E-state index < -0.39 is 5.60 Å². The number of likely N-dealkylation sites (tertiary alicyclic amines) is 1. The summed E-state index contributed by atoms with van der Waals surface area (Å²) in [7, 11) is 1.75. The summed E-state index contributed by atoms with van der Waals surface area (Å²) in [6.07, 6.45) is 2.10. The molecule has 0 bridgehead atoms. The lowest BCUT2D eigenvalue weighted by Gasteiger charge is -2.41. The van der Waals surface area contributed by atoms with E-state index in [4.69, 9.17) is 14.7 Å². The molecule has 1 fully saturated rings. The molecule has 3 heterocycles. The SMILES string of the molecule is COC1(c2ccccc2C)CCN(C(=O)c2cc3c(NCCNC=O)nc(-c4ccccc4)nc3[nH]2)CC1. The second-order valence-corrected chi connectivity index (χ2v) is 9.51. The zero-order valence-corrected chi connectivity index (χ0v) is 21.7. The Hall–Kier alpha value is -4.24. The van der Waals surface area contributed by atoms with Gasteiger partial charge in [-0.3, -0.25) is 9.59 Å². The first kappa shape index (κ1) is 25.4. The van der Waals surface area contributed by atoms with Crippen LogP contribution >= 0.6 is 0 Å². The lowest BCUT2D eigenvalue weighted by atomic mass is 9.82. The average Bonchev–Trinajstić information content (AvgIpc) is 3.40. The van der Waals surface area contributed by atoms with Gasteiger partial charge in [-0.15, -0.1) is 0 Å². The molecule has 2 amide bonds. The van der Waals surface area contributed by atoms with Gasteiger partial charge >= 0.3 is 0 Å². The molecule has 1 aliphatic rings. The number of fused-ring (bicyclic) bond motifs is 1. The summed E-state index contributed by atoms with van der Waals surface area (Å²) < 4.78 is 6.05. The average molecular weight is 513 g/mol. The molecule has 0 radical (unpaired) electrons. The number of methoxy groups -OCH3 is 1. The number of amides is 2. The van der Waals surface area contributed by atoms with Gasteiger partial charge in [0.15, 0.2) is 5.82 Å². The van der Waals surface area contributed by atoms with Gasteiger partial charge in [-0.2, -0.15) is 0 Å². The Kier molecular flexibility index (Phi) is 7.37. The number of aromatic amines is 1. The Morgan fingerprint density at radius 3 is 2.53 bits per heavy atom. The Morgan fingerprint density at radius 2 is 1.82 bits per heavy atom. The molecule has 4 aromatic rings. The van der Waals surface area contributed by atoms with Gasteiger partial charge in [-0.05, 0) is 37.0 Å². The van der Waals surface area contributed by atoms with Crippen LogP contribution in [-0.4, -0.2) is 65.5 Å². The minimum absolute atomic E-state index is 0.0766. The highest BCUT2D eigenvalue weighted by Gasteiger charge is 2.38. The molecule has 0 unspecified atom stereocenters. The third-order valence-corrected chi connectivity index (χ3v) is 7.28. The fraction of sp³-hybridized carbons (Fsp3) is 0.310. The fourth-order valence-corrected chi connectivity index (χ4v) is 5.20. The Balaban J connectivity index is 1.40. The second-order valence-electron chi connectivity index (χ2n) is 9.51. The maximum atomic E-state index is 13.6. The van der Waals surface area contributed by atoms with E-state index in [1.54, 1.807) is 13.2 Å². The number of ether oxygens (including phenoxy) is 1. The molecule has 0 saturated carbocycles. The molecule has 196 valence electrons. The number of aromatic nitrogens is 3. The molecule has 9 heteroatoms. The second kappa shape index (κ2) is 11.0. The highest BCUT2D eigenvalue weighted by Crippen LogP contribution is 2.38. The van der Waals surface area contributed by atoms with E-state index in [2.05, 4.69) is 34.7 Å². The fourth-order valence-electron chi connectivity index (χ4n) is 5.20. The smallest absolute Gasteiger partial charge is 0.270 e. The number of carbonyl (C=O) groups is 2. The van der Waals surface area contributed by atoms with Crippen molar-refractivity contribution in [1.29, 1.82) is 0 Å². The molecule has 1 aliphatic heterocycles. The number of benzene rings is 2. The van der Waals surface area contributed by atoms with Crippen molar-refractivity contribution in [2.24, 2.45) is 0 Å². The summed E-state index contributed by atoms with van der Waals surface area (Å²) in [4.78, 5) is 38.8. The van der Waals surface area contributed by atoms with E-state index in [0.29, 0.717) is 55.6 Å². The van der Waals surface area contributed by atoms with Gasteiger partial charge in [0.1, 0.15) is 17.2 Å². The Labute approximate surface area is 221 Å². The molecule has 2 aromatic heterocycles. The van der Waals surface area contributed by atoms with Gasteiger partial charge in [0, 0.05) is 38.9 Å². The van der Waals surface area contributed by atoms with Crippen LogP contribution in [0.25, 0.3) is 22.4 Å². The zero-order valence-electron chi connectivity index (χ0n) is 21.7. The number of nitrogens with one attached hydrogen (secondary N) is 3. The number of anilines is 1. The first-order valence-corrected chi connectivity index (χ1v) is 12.8. The van der Waals surface area contributed by atoms with Gasteiger partial charge in [-0.25, -0.2) is 9.97 Å². The summed E-state index contributed by atoms with van der Waals surface area (Å²) in [5, 5.41) is 6.64. The minimum atomic E-state index is -0.398. The minimum Gasteiger partial charge on any atom is -0.373 e. The molecule has 1 saturated heterocycles. The highest BCUT2D eigenvalue weighted by molar-refractivity contribution is 6.00. The van der Waals surface area contributed by atoms with Gasteiger partial charge in [0.2, 0.25) is 6.41 Å².